The third kappa shape index (κ3) is 4.32. The Morgan fingerprint density at radius 2 is 1.45 bits per heavy atom. The summed E-state index contributed by atoms with van der Waals surface area (Å²) in [5.41, 5.74) is 4.84. The van der Waals surface area contributed by atoms with Gasteiger partial charge in [-0.3, -0.25) is 9.59 Å². The van der Waals surface area contributed by atoms with Crippen LogP contribution in [-0.4, -0.2) is 11.6 Å². The fraction of sp³-hybridized carbons (Fsp3) is 0.308. The van der Waals surface area contributed by atoms with Gasteiger partial charge in [0, 0.05) is 46.3 Å². The standard InChI is InChI=1S/C26H22Cl3NO3/c27-16-5-1-4-14(10-16)13-33-26-17(28)11-15(12-18(26)29)23-24-19(6-2-8-21(24)31)30-20-7-3-9-22(32)25(20)23/h1,4-5,10-12,23,30H,2-3,6-9,13H2. The highest BCUT2D eigenvalue weighted by molar-refractivity contribution is 6.37. The van der Waals surface area contributed by atoms with Crippen LogP contribution in [0.5, 0.6) is 5.75 Å². The van der Waals surface area contributed by atoms with E-state index in [4.69, 9.17) is 39.5 Å². The molecule has 7 heteroatoms. The van der Waals surface area contributed by atoms with Crippen LogP contribution < -0.4 is 10.1 Å². The zero-order valence-corrected chi connectivity index (χ0v) is 20.1. The summed E-state index contributed by atoms with van der Waals surface area (Å²) in [4.78, 5) is 26.0. The monoisotopic (exact) mass is 501 g/mol. The second-order valence-electron chi connectivity index (χ2n) is 8.63. The molecule has 0 unspecified atom stereocenters. The number of hydrogen-bond acceptors (Lipinski definition) is 4. The van der Waals surface area contributed by atoms with Crippen LogP contribution in [0.15, 0.2) is 58.9 Å². The first kappa shape index (κ1) is 22.5. The van der Waals surface area contributed by atoms with Crippen molar-refractivity contribution in [1.29, 1.82) is 0 Å². The topological polar surface area (TPSA) is 55.4 Å². The predicted octanol–water partition coefficient (Wildman–Crippen LogP) is 6.93. The lowest BCUT2D eigenvalue weighted by Crippen LogP contribution is -2.36. The van der Waals surface area contributed by atoms with E-state index in [9.17, 15) is 9.59 Å². The summed E-state index contributed by atoms with van der Waals surface area (Å²) in [7, 11) is 0. The number of hydrogen-bond donors (Lipinski definition) is 1. The van der Waals surface area contributed by atoms with Gasteiger partial charge in [-0.05, 0) is 61.1 Å². The zero-order valence-electron chi connectivity index (χ0n) is 17.8. The highest BCUT2D eigenvalue weighted by Gasteiger charge is 2.40. The average Bonchev–Trinajstić information content (AvgIpc) is 2.77. The summed E-state index contributed by atoms with van der Waals surface area (Å²) in [6, 6.07) is 10.9. The molecule has 2 aliphatic carbocycles. The highest BCUT2D eigenvalue weighted by Crippen LogP contribution is 2.47. The van der Waals surface area contributed by atoms with Gasteiger partial charge in [0.25, 0.3) is 0 Å². The molecule has 0 radical (unpaired) electrons. The first-order valence-electron chi connectivity index (χ1n) is 11.1. The number of ketones is 2. The van der Waals surface area contributed by atoms with Gasteiger partial charge in [0.15, 0.2) is 17.3 Å². The third-order valence-corrected chi connectivity index (χ3v) is 7.21. The van der Waals surface area contributed by atoms with E-state index in [1.54, 1.807) is 18.2 Å². The summed E-state index contributed by atoms with van der Waals surface area (Å²) >= 11 is 19.3. The smallest absolute Gasteiger partial charge is 0.161 e. The number of halogens is 3. The summed E-state index contributed by atoms with van der Waals surface area (Å²) in [5.74, 6) is 0.0672. The highest BCUT2D eigenvalue weighted by atomic mass is 35.5. The first-order valence-corrected chi connectivity index (χ1v) is 12.2. The van der Waals surface area contributed by atoms with E-state index in [0.717, 1.165) is 48.2 Å². The Bertz CT molecular complexity index is 1170. The molecule has 0 aromatic heterocycles. The van der Waals surface area contributed by atoms with Crippen molar-refractivity contribution < 1.29 is 14.3 Å². The van der Waals surface area contributed by atoms with Crippen molar-refractivity contribution in [2.45, 2.75) is 51.0 Å². The number of dihydropyridines is 1. The van der Waals surface area contributed by atoms with Crippen molar-refractivity contribution in [2.75, 3.05) is 0 Å². The van der Waals surface area contributed by atoms with Crippen LogP contribution in [0.1, 0.15) is 55.6 Å². The van der Waals surface area contributed by atoms with Crippen LogP contribution in [-0.2, 0) is 16.2 Å². The van der Waals surface area contributed by atoms with Gasteiger partial charge >= 0.3 is 0 Å². The largest absolute Gasteiger partial charge is 0.486 e. The quantitative estimate of drug-likeness (QED) is 0.493. The van der Waals surface area contributed by atoms with Crippen molar-refractivity contribution in [2.24, 2.45) is 0 Å². The number of carbonyl (C=O) groups excluding carboxylic acids is 2. The zero-order chi connectivity index (χ0) is 23.1. The number of carbonyl (C=O) groups is 2. The minimum atomic E-state index is -0.450. The van der Waals surface area contributed by atoms with E-state index in [-0.39, 0.29) is 18.2 Å². The Kier molecular flexibility index (Phi) is 6.26. The minimum Gasteiger partial charge on any atom is -0.486 e. The van der Waals surface area contributed by atoms with Crippen LogP contribution in [0, 0.1) is 0 Å². The van der Waals surface area contributed by atoms with Crippen molar-refractivity contribution in [3.8, 4) is 5.75 Å². The van der Waals surface area contributed by atoms with Crippen molar-refractivity contribution in [1.82, 2.24) is 5.32 Å². The maximum atomic E-state index is 13.0. The van der Waals surface area contributed by atoms with E-state index in [1.165, 1.54) is 0 Å². The molecule has 4 nitrogen and oxygen atoms in total. The lowest BCUT2D eigenvalue weighted by atomic mass is 9.71. The van der Waals surface area contributed by atoms with E-state index in [1.807, 2.05) is 18.2 Å². The van der Waals surface area contributed by atoms with Crippen LogP contribution in [0.25, 0.3) is 0 Å². The molecule has 3 aliphatic rings. The molecule has 0 fully saturated rings. The van der Waals surface area contributed by atoms with Crippen LogP contribution in [0.2, 0.25) is 15.1 Å². The third-order valence-electron chi connectivity index (χ3n) is 6.42. The molecule has 0 spiro atoms. The summed E-state index contributed by atoms with van der Waals surface area (Å²) in [5, 5.41) is 4.72. The number of allylic oxidation sites excluding steroid dienone is 4. The van der Waals surface area contributed by atoms with Gasteiger partial charge in [-0.2, -0.15) is 0 Å². The molecule has 1 aliphatic heterocycles. The molecule has 5 rings (SSSR count). The lowest BCUT2D eigenvalue weighted by molar-refractivity contribution is -0.116. The van der Waals surface area contributed by atoms with Gasteiger partial charge < -0.3 is 10.1 Å². The fourth-order valence-electron chi connectivity index (χ4n) is 4.98. The Morgan fingerprint density at radius 3 is 2.03 bits per heavy atom. The molecule has 0 bridgehead atoms. The summed E-state index contributed by atoms with van der Waals surface area (Å²) in [6.07, 6.45) is 4.18. The van der Waals surface area contributed by atoms with Gasteiger partial charge in [0.1, 0.15) is 6.61 Å². The minimum absolute atomic E-state index is 0.0761. The SMILES string of the molecule is O=C1CCCC2=C1C(c1cc(Cl)c(OCc3cccc(Cl)c3)c(Cl)c1)C1=C(CCCC1=O)N2. The molecule has 33 heavy (non-hydrogen) atoms. The Balaban J connectivity index is 1.53. The maximum absolute atomic E-state index is 13.0. The van der Waals surface area contributed by atoms with Crippen molar-refractivity contribution in [3.05, 3.63) is 85.1 Å². The molecular weight excluding hydrogens is 481 g/mol. The van der Waals surface area contributed by atoms with E-state index < -0.39 is 5.92 Å². The molecule has 0 saturated carbocycles. The predicted molar refractivity (Wildman–Crippen MR) is 130 cm³/mol. The summed E-state index contributed by atoms with van der Waals surface area (Å²) in [6.45, 7) is 0.258. The molecule has 0 amide bonds. The lowest BCUT2D eigenvalue weighted by Gasteiger charge is -2.37. The number of nitrogens with one attached hydrogen (secondary N) is 1. The average molecular weight is 503 g/mol. The van der Waals surface area contributed by atoms with E-state index in [0.29, 0.717) is 44.8 Å². The number of ether oxygens (including phenoxy) is 1. The molecule has 2 aromatic rings. The number of Topliss-reactive ketones (excluding diaryl/α,β-unsaturated/α-hetero) is 2. The molecule has 1 heterocycles. The Labute approximate surface area is 207 Å². The molecule has 1 N–H and O–H groups in total. The molecule has 0 atom stereocenters. The second-order valence-corrected chi connectivity index (χ2v) is 9.88. The van der Waals surface area contributed by atoms with Gasteiger partial charge in [-0.1, -0.05) is 46.9 Å². The Morgan fingerprint density at radius 1 is 0.848 bits per heavy atom. The molecular formula is C26H22Cl3NO3. The maximum Gasteiger partial charge on any atom is 0.161 e. The number of benzene rings is 2. The first-order chi connectivity index (χ1) is 15.9. The van der Waals surface area contributed by atoms with Gasteiger partial charge in [0.05, 0.1) is 10.0 Å². The number of rotatable bonds is 4. The summed E-state index contributed by atoms with van der Waals surface area (Å²) < 4.78 is 5.91. The second kappa shape index (κ2) is 9.17. The molecule has 0 saturated heterocycles. The van der Waals surface area contributed by atoms with Gasteiger partial charge in [-0.15, -0.1) is 0 Å². The van der Waals surface area contributed by atoms with Crippen molar-refractivity contribution in [3.63, 3.8) is 0 Å². The van der Waals surface area contributed by atoms with Gasteiger partial charge in [0.2, 0.25) is 0 Å². The van der Waals surface area contributed by atoms with Gasteiger partial charge in [-0.25, -0.2) is 0 Å². The van der Waals surface area contributed by atoms with Crippen LogP contribution in [0.3, 0.4) is 0 Å². The molecule has 2 aromatic carbocycles. The van der Waals surface area contributed by atoms with Crippen molar-refractivity contribution >= 4 is 46.4 Å². The van der Waals surface area contributed by atoms with Crippen LogP contribution >= 0.6 is 34.8 Å². The van der Waals surface area contributed by atoms with Crippen LogP contribution in [0.4, 0.5) is 0 Å². The normalized spacial score (nSPS) is 18.8. The fourth-order valence-corrected chi connectivity index (χ4v) is 5.81. The molecule has 170 valence electrons. The van der Waals surface area contributed by atoms with E-state index in [2.05, 4.69) is 5.32 Å². The Hall–Kier alpha value is -2.27. The van der Waals surface area contributed by atoms with E-state index >= 15 is 0 Å².